The first-order valence-corrected chi connectivity index (χ1v) is 7.34. The lowest BCUT2D eigenvalue weighted by Crippen LogP contribution is -2.38. The maximum atomic E-state index is 12.1. The molecule has 0 bridgehead atoms. The van der Waals surface area contributed by atoms with Crippen molar-refractivity contribution in [3.8, 4) is 11.3 Å². The molecule has 3 rings (SSSR count). The van der Waals surface area contributed by atoms with Crippen molar-refractivity contribution in [2.75, 3.05) is 6.54 Å². The smallest absolute Gasteiger partial charge is 0.224 e. The van der Waals surface area contributed by atoms with Crippen LogP contribution in [0.1, 0.15) is 24.7 Å². The number of fused-ring (bicyclic) bond motifs is 1. The molecule has 2 heterocycles. The van der Waals surface area contributed by atoms with Gasteiger partial charge < -0.3 is 15.1 Å². The van der Waals surface area contributed by atoms with Crippen LogP contribution < -0.4 is 5.73 Å². The molecule has 1 aromatic carbocycles. The zero-order valence-corrected chi connectivity index (χ0v) is 13.4. The van der Waals surface area contributed by atoms with Crippen molar-refractivity contribution in [1.29, 1.82) is 0 Å². The average molecular weight is 321 g/mol. The number of benzene rings is 1. The highest BCUT2D eigenvalue weighted by molar-refractivity contribution is 5.85. The minimum absolute atomic E-state index is 0. The van der Waals surface area contributed by atoms with Gasteiger partial charge in [-0.25, -0.2) is 0 Å². The number of carbonyl (C=O) groups excluding carboxylic acids is 1. The first kappa shape index (κ1) is 16.6. The van der Waals surface area contributed by atoms with E-state index in [4.69, 9.17) is 10.2 Å². The molecule has 0 saturated carbocycles. The van der Waals surface area contributed by atoms with Gasteiger partial charge in [0.05, 0.1) is 6.54 Å². The molecular formula is C17H21ClN2O2. The third-order valence-electron chi connectivity index (χ3n) is 3.79. The predicted molar refractivity (Wildman–Crippen MR) is 88.8 cm³/mol. The number of furan rings is 1. The lowest BCUT2D eigenvalue weighted by molar-refractivity contribution is -0.132. The third kappa shape index (κ3) is 3.51. The van der Waals surface area contributed by atoms with E-state index < -0.39 is 0 Å². The largest absolute Gasteiger partial charge is 0.459 e. The molecule has 1 atom stereocenters. The van der Waals surface area contributed by atoms with Crippen LogP contribution in [0.2, 0.25) is 0 Å². The highest BCUT2D eigenvalue weighted by Crippen LogP contribution is 2.29. The van der Waals surface area contributed by atoms with Gasteiger partial charge in [-0.15, -0.1) is 12.4 Å². The molecule has 1 amide bonds. The SMILES string of the molecule is CC(N)CC(=O)N1CCc2cc(-c3ccccc3)oc2C1.Cl. The van der Waals surface area contributed by atoms with Crippen molar-refractivity contribution in [3.05, 3.63) is 47.7 Å². The molecule has 1 unspecified atom stereocenters. The van der Waals surface area contributed by atoms with Gasteiger partial charge in [-0.2, -0.15) is 0 Å². The van der Waals surface area contributed by atoms with Gasteiger partial charge >= 0.3 is 0 Å². The first-order valence-electron chi connectivity index (χ1n) is 7.34. The molecule has 0 saturated heterocycles. The molecule has 22 heavy (non-hydrogen) atoms. The van der Waals surface area contributed by atoms with Gasteiger partial charge in [-0.1, -0.05) is 30.3 Å². The van der Waals surface area contributed by atoms with Crippen LogP contribution in [-0.2, 0) is 17.8 Å². The van der Waals surface area contributed by atoms with Gasteiger partial charge in [-0.05, 0) is 25.0 Å². The van der Waals surface area contributed by atoms with E-state index in [1.807, 2.05) is 42.2 Å². The lowest BCUT2D eigenvalue weighted by Gasteiger charge is -2.26. The Balaban J connectivity index is 0.00000176. The maximum absolute atomic E-state index is 12.1. The number of rotatable bonds is 3. The van der Waals surface area contributed by atoms with Crippen molar-refractivity contribution < 1.29 is 9.21 Å². The van der Waals surface area contributed by atoms with E-state index in [9.17, 15) is 4.79 Å². The maximum Gasteiger partial charge on any atom is 0.224 e. The van der Waals surface area contributed by atoms with Crippen LogP contribution in [0.4, 0.5) is 0 Å². The molecule has 118 valence electrons. The quantitative estimate of drug-likeness (QED) is 0.945. The number of carbonyl (C=O) groups is 1. The summed E-state index contributed by atoms with van der Waals surface area (Å²) in [5, 5.41) is 0. The van der Waals surface area contributed by atoms with Crippen LogP contribution in [0.3, 0.4) is 0 Å². The molecular weight excluding hydrogens is 300 g/mol. The molecule has 0 aliphatic carbocycles. The Morgan fingerprint density at radius 3 is 2.77 bits per heavy atom. The Morgan fingerprint density at radius 1 is 1.36 bits per heavy atom. The average Bonchev–Trinajstić information content (AvgIpc) is 2.90. The summed E-state index contributed by atoms with van der Waals surface area (Å²) in [4.78, 5) is 13.9. The molecule has 1 aliphatic heterocycles. The number of hydrogen-bond acceptors (Lipinski definition) is 3. The summed E-state index contributed by atoms with van der Waals surface area (Å²) < 4.78 is 5.95. The Hall–Kier alpha value is -1.78. The van der Waals surface area contributed by atoms with Crippen LogP contribution in [0.5, 0.6) is 0 Å². The Labute approximate surface area is 136 Å². The van der Waals surface area contributed by atoms with Crippen LogP contribution in [0.25, 0.3) is 11.3 Å². The molecule has 2 N–H and O–H groups in total. The summed E-state index contributed by atoms with van der Waals surface area (Å²) in [6, 6.07) is 12.0. The fourth-order valence-corrected chi connectivity index (χ4v) is 2.68. The van der Waals surface area contributed by atoms with Gasteiger partial charge in [0, 0.05) is 24.6 Å². The normalized spacial score (nSPS) is 14.9. The van der Waals surface area contributed by atoms with Crippen molar-refractivity contribution in [1.82, 2.24) is 4.90 Å². The van der Waals surface area contributed by atoms with Gasteiger partial charge in [0.1, 0.15) is 11.5 Å². The van der Waals surface area contributed by atoms with Gasteiger partial charge in [0.2, 0.25) is 5.91 Å². The molecule has 0 fully saturated rings. The third-order valence-corrected chi connectivity index (χ3v) is 3.79. The van der Waals surface area contributed by atoms with E-state index in [0.29, 0.717) is 13.0 Å². The Morgan fingerprint density at radius 2 is 2.09 bits per heavy atom. The minimum atomic E-state index is -0.102. The summed E-state index contributed by atoms with van der Waals surface area (Å²) in [6.45, 7) is 3.15. The number of amides is 1. The summed E-state index contributed by atoms with van der Waals surface area (Å²) in [7, 11) is 0. The molecule has 4 nitrogen and oxygen atoms in total. The second kappa shape index (κ2) is 6.99. The summed E-state index contributed by atoms with van der Waals surface area (Å²) in [5.74, 6) is 1.88. The topological polar surface area (TPSA) is 59.5 Å². The highest BCUT2D eigenvalue weighted by atomic mass is 35.5. The van der Waals surface area contributed by atoms with Crippen LogP contribution in [0, 0.1) is 0 Å². The van der Waals surface area contributed by atoms with Crippen molar-refractivity contribution in [2.24, 2.45) is 5.73 Å². The van der Waals surface area contributed by atoms with E-state index in [1.165, 1.54) is 5.56 Å². The van der Waals surface area contributed by atoms with E-state index in [1.54, 1.807) is 0 Å². The molecule has 5 heteroatoms. The monoisotopic (exact) mass is 320 g/mol. The molecule has 0 radical (unpaired) electrons. The Bertz CT molecular complexity index is 637. The standard InChI is InChI=1S/C17H20N2O2.ClH/c1-12(18)9-17(20)19-8-7-14-10-15(21-16(14)11-19)13-5-3-2-4-6-13;/h2-6,10,12H,7-9,11,18H2,1H3;1H. The highest BCUT2D eigenvalue weighted by Gasteiger charge is 2.24. The second-order valence-electron chi connectivity index (χ2n) is 5.67. The summed E-state index contributed by atoms with van der Waals surface area (Å²) in [6.07, 6.45) is 1.23. The van der Waals surface area contributed by atoms with Crippen molar-refractivity contribution >= 4 is 18.3 Å². The van der Waals surface area contributed by atoms with Crippen molar-refractivity contribution in [2.45, 2.75) is 32.4 Å². The van der Waals surface area contributed by atoms with Gasteiger partial charge in [0.15, 0.2) is 0 Å². The molecule has 0 spiro atoms. The number of halogens is 1. The van der Waals surface area contributed by atoms with E-state index >= 15 is 0 Å². The zero-order valence-electron chi connectivity index (χ0n) is 12.6. The lowest BCUT2D eigenvalue weighted by atomic mass is 10.1. The minimum Gasteiger partial charge on any atom is -0.459 e. The van der Waals surface area contributed by atoms with Gasteiger partial charge in [-0.3, -0.25) is 4.79 Å². The zero-order chi connectivity index (χ0) is 14.8. The molecule has 2 aromatic rings. The fraction of sp³-hybridized carbons (Fsp3) is 0.353. The predicted octanol–water partition coefficient (Wildman–Crippen LogP) is 2.99. The fourth-order valence-electron chi connectivity index (χ4n) is 2.68. The van der Waals surface area contributed by atoms with Crippen LogP contribution in [0.15, 0.2) is 40.8 Å². The van der Waals surface area contributed by atoms with E-state index in [-0.39, 0.29) is 24.4 Å². The number of nitrogens with zero attached hydrogens (tertiary/aromatic N) is 1. The van der Waals surface area contributed by atoms with Crippen LogP contribution >= 0.6 is 12.4 Å². The first-order chi connectivity index (χ1) is 10.1. The van der Waals surface area contributed by atoms with Crippen molar-refractivity contribution in [3.63, 3.8) is 0 Å². The molecule has 1 aliphatic rings. The number of nitrogens with two attached hydrogens (primary N) is 1. The van der Waals surface area contributed by atoms with E-state index in [0.717, 1.165) is 30.0 Å². The second-order valence-corrected chi connectivity index (χ2v) is 5.67. The number of hydrogen-bond donors (Lipinski definition) is 1. The summed E-state index contributed by atoms with van der Waals surface area (Å²) in [5.41, 5.74) is 7.98. The van der Waals surface area contributed by atoms with Gasteiger partial charge in [0.25, 0.3) is 0 Å². The summed E-state index contributed by atoms with van der Waals surface area (Å²) >= 11 is 0. The Kier molecular flexibility index (Phi) is 5.27. The van der Waals surface area contributed by atoms with E-state index in [2.05, 4.69) is 6.07 Å². The van der Waals surface area contributed by atoms with Crippen LogP contribution in [-0.4, -0.2) is 23.4 Å². The molecule has 1 aromatic heterocycles.